The normalized spacial score (nSPS) is 26.2. The number of piperidine rings is 1. The van der Waals surface area contributed by atoms with E-state index in [0.29, 0.717) is 18.1 Å². The monoisotopic (exact) mass is 298 g/mol. The molecule has 0 aromatic heterocycles. The van der Waals surface area contributed by atoms with Gasteiger partial charge in [-0.1, -0.05) is 31.5 Å². The fraction of sp³-hybridized carbons (Fsp3) is 0.867. The molecule has 1 amide bonds. The first-order valence-corrected chi connectivity index (χ1v) is 8.22. The van der Waals surface area contributed by atoms with Gasteiger partial charge in [-0.05, 0) is 32.6 Å². The van der Waals surface area contributed by atoms with Crippen LogP contribution in [0.1, 0.15) is 51.9 Å². The Labute approximate surface area is 127 Å². The quantitative estimate of drug-likeness (QED) is 0.809. The number of likely N-dealkylation sites (tertiary alicyclic amines) is 1. The van der Waals surface area contributed by atoms with Crippen LogP contribution in [-0.2, 0) is 9.53 Å². The minimum atomic E-state index is -0.582. The Bertz CT molecular complexity index is 365. The molecule has 0 spiro atoms. The van der Waals surface area contributed by atoms with E-state index in [1.54, 1.807) is 0 Å². The van der Waals surface area contributed by atoms with Gasteiger partial charge in [0.25, 0.3) is 0 Å². The first kappa shape index (κ1) is 15.7. The standard InChI is InChI=1S/C15H26N2O2S/c1-2-19-12-7-6-10-17(11-12)14(18)15(13(16)20)8-4-3-5-9-15/h12H,2-11H2,1H3,(H2,16,20). The van der Waals surface area contributed by atoms with Gasteiger partial charge in [0.15, 0.2) is 0 Å². The number of carbonyl (C=O) groups is 1. The molecule has 1 unspecified atom stereocenters. The van der Waals surface area contributed by atoms with Gasteiger partial charge < -0.3 is 15.4 Å². The first-order valence-electron chi connectivity index (χ1n) is 7.81. The van der Waals surface area contributed by atoms with Crippen LogP contribution in [0.2, 0.25) is 0 Å². The summed E-state index contributed by atoms with van der Waals surface area (Å²) in [6.07, 6.45) is 7.12. The highest BCUT2D eigenvalue weighted by Crippen LogP contribution is 2.39. The summed E-state index contributed by atoms with van der Waals surface area (Å²) in [4.78, 5) is 15.3. The number of thiocarbonyl (C=S) groups is 1. The number of carbonyl (C=O) groups excluding carboxylic acids is 1. The molecule has 1 heterocycles. The lowest BCUT2D eigenvalue weighted by atomic mass is 9.72. The van der Waals surface area contributed by atoms with E-state index in [9.17, 15) is 4.79 Å². The van der Waals surface area contributed by atoms with E-state index in [1.807, 2.05) is 11.8 Å². The van der Waals surface area contributed by atoms with Crippen molar-refractivity contribution in [3.8, 4) is 0 Å². The molecule has 1 atom stereocenters. The molecule has 20 heavy (non-hydrogen) atoms. The van der Waals surface area contributed by atoms with E-state index in [4.69, 9.17) is 22.7 Å². The van der Waals surface area contributed by atoms with Gasteiger partial charge in [0, 0.05) is 19.7 Å². The van der Waals surface area contributed by atoms with Crippen molar-refractivity contribution in [1.82, 2.24) is 4.90 Å². The van der Waals surface area contributed by atoms with Gasteiger partial charge in [-0.2, -0.15) is 0 Å². The molecule has 1 saturated carbocycles. The fourth-order valence-electron chi connectivity index (χ4n) is 3.52. The molecule has 2 N–H and O–H groups in total. The Morgan fingerprint density at radius 2 is 2.05 bits per heavy atom. The number of hydrogen-bond donors (Lipinski definition) is 1. The molecule has 1 aliphatic carbocycles. The molecule has 0 radical (unpaired) electrons. The van der Waals surface area contributed by atoms with E-state index in [-0.39, 0.29) is 12.0 Å². The summed E-state index contributed by atoms with van der Waals surface area (Å²) in [5.41, 5.74) is 5.37. The summed E-state index contributed by atoms with van der Waals surface area (Å²) in [7, 11) is 0. The van der Waals surface area contributed by atoms with Crippen LogP contribution in [-0.4, -0.2) is 41.6 Å². The van der Waals surface area contributed by atoms with Crippen molar-refractivity contribution in [2.75, 3.05) is 19.7 Å². The third-order valence-electron chi connectivity index (χ3n) is 4.66. The van der Waals surface area contributed by atoms with E-state index in [1.165, 1.54) is 6.42 Å². The number of amides is 1. The summed E-state index contributed by atoms with van der Waals surface area (Å²) in [5, 5.41) is 0. The topological polar surface area (TPSA) is 55.6 Å². The zero-order chi connectivity index (χ0) is 14.6. The molecule has 5 heteroatoms. The molecule has 1 aliphatic heterocycles. The molecule has 2 aliphatic rings. The Hall–Kier alpha value is -0.680. The number of ether oxygens (including phenoxy) is 1. The van der Waals surface area contributed by atoms with Crippen LogP contribution in [0.15, 0.2) is 0 Å². The third-order valence-corrected chi connectivity index (χ3v) is 5.05. The summed E-state index contributed by atoms with van der Waals surface area (Å²) in [6.45, 7) is 4.20. The molecule has 2 fully saturated rings. The van der Waals surface area contributed by atoms with Gasteiger partial charge in [0.1, 0.15) is 0 Å². The smallest absolute Gasteiger partial charge is 0.235 e. The van der Waals surface area contributed by atoms with Crippen molar-refractivity contribution in [3.63, 3.8) is 0 Å². The second-order valence-electron chi connectivity index (χ2n) is 5.98. The van der Waals surface area contributed by atoms with Gasteiger partial charge in [-0.3, -0.25) is 4.79 Å². The molecular weight excluding hydrogens is 272 g/mol. The van der Waals surface area contributed by atoms with Crippen LogP contribution in [0.4, 0.5) is 0 Å². The predicted molar refractivity (Wildman–Crippen MR) is 83.5 cm³/mol. The molecule has 0 bridgehead atoms. The number of rotatable bonds is 4. The summed E-state index contributed by atoms with van der Waals surface area (Å²) in [5.74, 6) is 0.147. The van der Waals surface area contributed by atoms with Crippen LogP contribution in [0.3, 0.4) is 0 Å². The Kier molecular flexibility index (Phi) is 5.38. The zero-order valence-corrected chi connectivity index (χ0v) is 13.2. The van der Waals surface area contributed by atoms with Crippen molar-refractivity contribution in [2.45, 2.75) is 58.0 Å². The van der Waals surface area contributed by atoms with Crippen LogP contribution in [0.25, 0.3) is 0 Å². The van der Waals surface area contributed by atoms with Gasteiger partial charge in [-0.15, -0.1) is 0 Å². The maximum Gasteiger partial charge on any atom is 0.235 e. The lowest BCUT2D eigenvalue weighted by Crippen LogP contribution is -2.54. The molecule has 2 rings (SSSR count). The van der Waals surface area contributed by atoms with Gasteiger partial charge in [0.05, 0.1) is 16.5 Å². The first-order chi connectivity index (χ1) is 9.60. The highest BCUT2D eigenvalue weighted by molar-refractivity contribution is 7.80. The molecule has 0 aromatic rings. The minimum Gasteiger partial charge on any atom is -0.392 e. The Balaban J connectivity index is 2.09. The number of nitrogens with zero attached hydrogens (tertiary/aromatic N) is 1. The number of nitrogens with two attached hydrogens (primary N) is 1. The minimum absolute atomic E-state index is 0.147. The van der Waals surface area contributed by atoms with Gasteiger partial charge in [-0.25, -0.2) is 0 Å². The lowest BCUT2D eigenvalue weighted by molar-refractivity contribution is -0.143. The van der Waals surface area contributed by atoms with E-state index in [0.717, 1.165) is 45.1 Å². The van der Waals surface area contributed by atoms with Crippen LogP contribution in [0, 0.1) is 5.41 Å². The Morgan fingerprint density at radius 1 is 1.35 bits per heavy atom. The largest absolute Gasteiger partial charge is 0.392 e. The highest BCUT2D eigenvalue weighted by atomic mass is 32.1. The van der Waals surface area contributed by atoms with E-state index in [2.05, 4.69) is 0 Å². The zero-order valence-electron chi connectivity index (χ0n) is 12.4. The predicted octanol–water partition coefficient (Wildman–Crippen LogP) is 2.25. The SMILES string of the molecule is CCOC1CCCN(C(=O)C2(C(N)=S)CCCCC2)C1. The van der Waals surface area contributed by atoms with Crippen LogP contribution >= 0.6 is 12.2 Å². The highest BCUT2D eigenvalue weighted by Gasteiger charge is 2.45. The maximum atomic E-state index is 13.0. The third kappa shape index (κ3) is 3.14. The van der Waals surface area contributed by atoms with Crippen molar-refractivity contribution in [1.29, 1.82) is 0 Å². The van der Waals surface area contributed by atoms with Crippen molar-refractivity contribution in [3.05, 3.63) is 0 Å². The summed E-state index contributed by atoms with van der Waals surface area (Å²) in [6, 6.07) is 0. The van der Waals surface area contributed by atoms with Crippen molar-refractivity contribution in [2.24, 2.45) is 11.1 Å². The average molecular weight is 298 g/mol. The molecule has 0 aromatic carbocycles. The van der Waals surface area contributed by atoms with Gasteiger partial charge in [0.2, 0.25) is 5.91 Å². The summed E-state index contributed by atoms with van der Waals surface area (Å²) < 4.78 is 5.69. The molecular formula is C15H26N2O2S. The maximum absolute atomic E-state index is 13.0. The average Bonchev–Trinajstić information content (AvgIpc) is 2.47. The second-order valence-corrected chi connectivity index (χ2v) is 6.42. The van der Waals surface area contributed by atoms with E-state index >= 15 is 0 Å². The number of hydrogen-bond acceptors (Lipinski definition) is 3. The van der Waals surface area contributed by atoms with Crippen molar-refractivity contribution < 1.29 is 9.53 Å². The second kappa shape index (κ2) is 6.85. The van der Waals surface area contributed by atoms with Crippen LogP contribution in [0.5, 0.6) is 0 Å². The molecule has 114 valence electrons. The van der Waals surface area contributed by atoms with Crippen molar-refractivity contribution >= 4 is 23.1 Å². The van der Waals surface area contributed by atoms with E-state index < -0.39 is 5.41 Å². The lowest BCUT2D eigenvalue weighted by Gasteiger charge is -2.41. The molecule has 1 saturated heterocycles. The fourth-order valence-corrected chi connectivity index (χ4v) is 3.81. The summed E-state index contributed by atoms with van der Waals surface area (Å²) >= 11 is 5.25. The van der Waals surface area contributed by atoms with Crippen LogP contribution < -0.4 is 5.73 Å². The van der Waals surface area contributed by atoms with Gasteiger partial charge >= 0.3 is 0 Å². The molecule has 4 nitrogen and oxygen atoms in total. The Morgan fingerprint density at radius 3 is 2.65 bits per heavy atom.